The molecule has 1 aromatic carbocycles. The van der Waals surface area contributed by atoms with Crippen molar-refractivity contribution in [3.63, 3.8) is 0 Å². The molecule has 0 aliphatic heterocycles. The summed E-state index contributed by atoms with van der Waals surface area (Å²) in [6.07, 6.45) is 0. The van der Waals surface area contributed by atoms with Gasteiger partial charge in [-0.05, 0) is 12.5 Å². The first-order valence-corrected chi connectivity index (χ1v) is 6.16. The first-order chi connectivity index (χ1) is 9.56. The Morgan fingerprint density at radius 3 is 2.50 bits per heavy atom. The molecule has 0 amide bonds. The highest BCUT2D eigenvalue weighted by Gasteiger charge is 2.17. The molecule has 7 nitrogen and oxygen atoms in total. The molecule has 0 aromatic heterocycles. The van der Waals surface area contributed by atoms with Gasteiger partial charge < -0.3 is 14.6 Å². The molecule has 0 aliphatic rings. The second-order valence-electron chi connectivity index (χ2n) is 4.07. The van der Waals surface area contributed by atoms with Crippen molar-refractivity contribution in [2.24, 2.45) is 0 Å². The Bertz CT molecular complexity index is 445. The first kappa shape index (κ1) is 16.1. The number of esters is 1. The van der Waals surface area contributed by atoms with Crippen LogP contribution in [0.5, 0.6) is 0 Å². The highest BCUT2D eigenvalue weighted by Crippen LogP contribution is 2.20. The second kappa shape index (κ2) is 8.23. The molecule has 1 unspecified atom stereocenters. The minimum atomic E-state index is -0.506. The standard InChI is InChI=1S/C13H17NO6/c1-10(13(16)20-9-8-19-7-6-15)11-2-4-12(5-3-11)14(17)18/h2-5,10,15H,6-9H2,1H3. The zero-order valence-corrected chi connectivity index (χ0v) is 11.2. The summed E-state index contributed by atoms with van der Waals surface area (Å²) in [7, 11) is 0. The van der Waals surface area contributed by atoms with Gasteiger partial charge in [0.15, 0.2) is 0 Å². The number of nitro groups is 1. The van der Waals surface area contributed by atoms with Crippen molar-refractivity contribution in [1.82, 2.24) is 0 Å². The maximum Gasteiger partial charge on any atom is 0.313 e. The molecule has 1 atom stereocenters. The first-order valence-electron chi connectivity index (χ1n) is 6.16. The lowest BCUT2D eigenvalue weighted by Gasteiger charge is -2.11. The zero-order chi connectivity index (χ0) is 15.0. The summed E-state index contributed by atoms with van der Waals surface area (Å²) in [5.41, 5.74) is 0.628. The number of rotatable bonds is 8. The Morgan fingerprint density at radius 1 is 1.30 bits per heavy atom. The molecule has 0 fully saturated rings. The molecule has 1 rings (SSSR count). The SMILES string of the molecule is CC(C(=O)OCCOCCO)c1ccc([N+](=O)[O-])cc1. The quantitative estimate of drug-likeness (QED) is 0.333. The van der Waals surface area contributed by atoms with Crippen LogP contribution in [0.2, 0.25) is 0 Å². The van der Waals surface area contributed by atoms with Gasteiger partial charge in [0.1, 0.15) is 6.61 Å². The van der Waals surface area contributed by atoms with Gasteiger partial charge in [-0.1, -0.05) is 12.1 Å². The van der Waals surface area contributed by atoms with E-state index in [1.165, 1.54) is 24.3 Å². The number of nitro benzene ring substituents is 1. The number of carbonyl (C=O) groups excluding carboxylic acids is 1. The molecule has 0 aliphatic carbocycles. The van der Waals surface area contributed by atoms with Crippen molar-refractivity contribution in [3.8, 4) is 0 Å². The van der Waals surface area contributed by atoms with Crippen LogP contribution in [-0.2, 0) is 14.3 Å². The van der Waals surface area contributed by atoms with Gasteiger partial charge in [-0.25, -0.2) is 0 Å². The molecule has 0 heterocycles. The lowest BCUT2D eigenvalue weighted by atomic mass is 10.0. The van der Waals surface area contributed by atoms with Gasteiger partial charge in [-0.3, -0.25) is 14.9 Å². The minimum absolute atomic E-state index is 0.0216. The smallest absolute Gasteiger partial charge is 0.313 e. The predicted molar refractivity (Wildman–Crippen MR) is 70.4 cm³/mol. The summed E-state index contributed by atoms with van der Waals surface area (Å²) in [5.74, 6) is -0.930. The lowest BCUT2D eigenvalue weighted by molar-refractivity contribution is -0.384. The van der Waals surface area contributed by atoms with Crippen molar-refractivity contribution in [2.45, 2.75) is 12.8 Å². The molecule has 110 valence electrons. The fourth-order valence-electron chi connectivity index (χ4n) is 1.51. The molecule has 0 radical (unpaired) electrons. The molecule has 20 heavy (non-hydrogen) atoms. The molecule has 0 saturated heterocycles. The third-order valence-corrected chi connectivity index (χ3v) is 2.67. The Hall–Kier alpha value is -1.99. The molecule has 0 saturated carbocycles. The van der Waals surface area contributed by atoms with E-state index in [9.17, 15) is 14.9 Å². The van der Waals surface area contributed by atoms with Crippen LogP contribution in [-0.4, -0.2) is 42.4 Å². The predicted octanol–water partition coefficient (Wildman–Crippen LogP) is 1.25. The highest BCUT2D eigenvalue weighted by atomic mass is 16.6. The zero-order valence-electron chi connectivity index (χ0n) is 11.2. The van der Waals surface area contributed by atoms with E-state index in [-0.39, 0.29) is 32.1 Å². The lowest BCUT2D eigenvalue weighted by Crippen LogP contribution is -2.17. The summed E-state index contributed by atoms with van der Waals surface area (Å²) >= 11 is 0. The number of benzene rings is 1. The van der Waals surface area contributed by atoms with E-state index in [2.05, 4.69) is 0 Å². The van der Waals surface area contributed by atoms with E-state index in [1.54, 1.807) is 6.92 Å². The van der Waals surface area contributed by atoms with Gasteiger partial charge in [0.25, 0.3) is 5.69 Å². The van der Waals surface area contributed by atoms with Gasteiger partial charge in [0.05, 0.1) is 30.7 Å². The molecule has 7 heteroatoms. The summed E-state index contributed by atoms with van der Waals surface area (Å²) < 4.78 is 9.96. The van der Waals surface area contributed by atoms with Gasteiger partial charge in [0, 0.05) is 12.1 Å². The molecule has 1 N–H and O–H groups in total. The van der Waals surface area contributed by atoms with Crippen LogP contribution < -0.4 is 0 Å². The van der Waals surface area contributed by atoms with E-state index < -0.39 is 16.8 Å². The van der Waals surface area contributed by atoms with Crippen LogP contribution in [0.25, 0.3) is 0 Å². The van der Waals surface area contributed by atoms with Gasteiger partial charge in [-0.2, -0.15) is 0 Å². The van der Waals surface area contributed by atoms with Gasteiger partial charge >= 0.3 is 5.97 Å². The number of aliphatic hydroxyl groups excluding tert-OH is 1. The Balaban J connectivity index is 2.45. The maximum atomic E-state index is 11.7. The molecular weight excluding hydrogens is 266 g/mol. The fourth-order valence-corrected chi connectivity index (χ4v) is 1.51. The molecule has 1 aromatic rings. The van der Waals surface area contributed by atoms with Gasteiger partial charge in [0.2, 0.25) is 0 Å². The fraction of sp³-hybridized carbons (Fsp3) is 0.462. The number of ether oxygens (including phenoxy) is 2. The van der Waals surface area contributed by atoms with Crippen molar-refractivity contribution < 1.29 is 24.3 Å². The average Bonchev–Trinajstić information content (AvgIpc) is 2.46. The van der Waals surface area contributed by atoms with Crippen LogP contribution in [0.3, 0.4) is 0 Å². The Kier molecular flexibility index (Phi) is 6.61. The van der Waals surface area contributed by atoms with E-state index in [1.807, 2.05) is 0 Å². The van der Waals surface area contributed by atoms with E-state index in [0.717, 1.165) is 0 Å². The topological polar surface area (TPSA) is 98.9 Å². The third kappa shape index (κ3) is 4.94. The minimum Gasteiger partial charge on any atom is -0.463 e. The number of aliphatic hydroxyl groups is 1. The number of nitrogens with zero attached hydrogens (tertiary/aromatic N) is 1. The van der Waals surface area contributed by atoms with Crippen LogP contribution in [0.15, 0.2) is 24.3 Å². The van der Waals surface area contributed by atoms with Crippen LogP contribution >= 0.6 is 0 Å². The Morgan fingerprint density at radius 2 is 1.95 bits per heavy atom. The highest BCUT2D eigenvalue weighted by molar-refractivity contribution is 5.77. The van der Waals surface area contributed by atoms with Crippen LogP contribution in [0.1, 0.15) is 18.4 Å². The number of carbonyl (C=O) groups is 1. The van der Waals surface area contributed by atoms with Crippen molar-refractivity contribution in [1.29, 1.82) is 0 Å². The van der Waals surface area contributed by atoms with E-state index >= 15 is 0 Å². The molecular formula is C13H17NO6. The number of non-ortho nitro benzene ring substituents is 1. The third-order valence-electron chi connectivity index (χ3n) is 2.67. The van der Waals surface area contributed by atoms with Crippen LogP contribution in [0, 0.1) is 10.1 Å². The largest absolute Gasteiger partial charge is 0.463 e. The summed E-state index contributed by atoms with van der Waals surface area (Å²) in [5, 5.41) is 19.0. The number of hydrogen-bond donors (Lipinski definition) is 1. The summed E-state index contributed by atoms with van der Waals surface area (Å²) in [4.78, 5) is 21.8. The van der Waals surface area contributed by atoms with E-state index in [0.29, 0.717) is 5.56 Å². The number of hydrogen-bond acceptors (Lipinski definition) is 6. The average molecular weight is 283 g/mol. The monoisotopic (exact) mass is 283 g/mol. The molecule has 0 spiro atoms. The van der Waals surface area contributed by atoms with Crippen molar-refractivity contribution in [2.75, 3.05) is 26.4 Å². The van der Waals surface area contributed by atoms with Crippen LogP contribution in [0.4, 0.5) is 5.69 Å². The summed E-state index contributed by atoms with van der Waals surface area (Å²) in [6, 6.07) is 5.77. The normalized spacial score (nSPS) is 11.9. The molecule has 0 bridgehead atoms. The maximum absolute atomic E-state index is 11.7. The van der Waals surface area contributed by atoms with Crippen molar-refractivity contribution in [3.05, 3.63) is 39.9 Å². The van der Waals surface area contributed by atoms with Gasteiger partial charge in [-0.15, -0.1) is 0 Å². The summed E-state index contributed by atoms with van der Waals surface area (Å²) in [6.45, 7) is 2.12. The van der Waals surface area contributed by atoms with Crippen molar-refractivity contribution >= 4 is 11.7 Å². The second-order valence-corrected chi connectivity index (χ2v) is 4.07. The van der Waals surface area contributed by atoms with E-state index in [4.69, 9.17) is 14.6 Å². The Labute approximate surface area is 116 Å².